The van der Waals surface area contributed by atoms with Crippen LogP contribution in [0.15, 0.2) is 30.3 Å². The molecule has 0 aliphatic rings. The van der Waals surface area contributed by atoms with Gasteiger partial charge in [0.1, 0.15) is 0 Å². The van der Waals surface area contributed by atoms with E-state index in [0.717, 1.165) is 6.07 Å². The number of benzene rings is 1. The Balaban J connectivity index is 3.20. The number of hydrogen-bond donors (Lipinski definition) is 0. The Kier molecular flexibility index (Phi) is 2.76. The first-order valence-corrected chi connectivity index (χ1v) is 3.67. The third kappa shape index (κ3) is 2.34. The minimum atomic E-state index is -4.30. The van der Waals surface area contributed by atoms with Crippen LogP contribution in [0.1, 0.15) is 11.1 Å². The summed E-state index contributed by atoms with van der Waals surface area (Å²) >= 11 is 0. The van der Waals surface area contributed by atoms with Gasteiger partial charge >= 0.3 is 6.18 Å². The van der Waals surface area contributed by atoms with Gasteiger partial charge in [0, 0.05) is 0 Å². The number of hydrogen-bond acceptors (Lipinski definition) is 0. The quantitative estimate of drug-likeness (QED) is 0.627. The molecule has 0 fully saturated rings. The first kappa shape index (κ1) is 9.84. The molecule has 0 atom stereocenters. The SMILES string of the molecule is [CH2]/C=C/c1ccccc1C(F)(F)F. The normalized spacial score (nSPS) is 12.3. The third-order valence-corrected chi connectivity index (χ3v) is 1.56. The number of halogens is 3. The molecule has 1 radical (unpaired) electrons. The molecule has 0 N–H and O–H groups in total. The predicted octanol–water partition coefficient (Wildman–Crippen LogP) is 3.55. The van der Waals surface area contributed by atoms with Crippen LogP contribution in [-0.4, -0.2) is 0 Å². The summed E-state index contributed by atoms with van der Waals surface area (Å²) < 4.78 is 37.0. The van der Waals surface area contributed by atoms with E-state index in [-0.39, 0.29) is 5.56 Å². The molecule has 3 heteroatoms. The highest BCUT2D eigenvalue weighted by Crippen LogP contribution is 2.32. The van der Waals surface area contributed by atoms with Crippen LogP contribution in [0.4, 0.5) is 13.2 Å². The van der Waals surface area contributed by atoms with Gasteiger partial charge in [-0.15, -0.1) is 0 Å². The molecule has 0 aromatic heterocycles. The summed E-state index contributed by atoms with van der Waals surface area (Å²) in [5.74, 6) is 0. The molecule has 0 saturated carbocycles. The van der Waals surface area contributed by atoms with Crippen molar-refractivity contribution in [2.24, 2.45) is 0 Å². The van der Waals surface area contributed by atoms with E-state index in [1.54, 1.807) is 6.07 Å². The molecule has 69 valence electrons. The second kappa shape index (κ2) is 3.64. The van der Waals surface area contributed by atoms with Crippen molar-refractivity contribution in [2.75, 3.05) is 0 Å². The Hall–Kier alpha value is -1.25. The lowest BCUT2D eigenvalue weighted by atomic mass is 10.1. The Morgan fingerprint density at radius 1 is 1.15 bits per heavy atom. The monoisotopic (exact) mass is 185 g/mol. The average Bonchev–Trinajstić information content (AvgIpc) is 2.04. The molecule has 0 nitrogen and oxygen atoms in total. The first-order valence-electron chi connectivity index (χ1n) is 3.67. The second-order valence-electron chi connectivity index (χ2n) is 2.49. The van der Waals surface area contributed by atoms with Crippen LogP contribution >= 0.6 is 0 Å². The highest BCUT2D eigenvalue weighted by atomic mass is 19.4. The highest BCUT2D eigenvalue weighted by Gasteiger charge is 2.32. The molecule has 1 aromatic carbocycles. The Morgan fingerprint density at radius 3 is 2.31 bits per heavy atom. The fraction of sp³-hybridized carbons (Fsp3) is 0.100. The maximum absolute atomic E-state index is 12.3. The van der Waals surface area contributed by atoms with E-state index in [1.165, 1.54) is 24.3 Å². The topological polar surface area (TPSA) is 0 Å². The standard InChI is InChI=1S/C10H8F3/c1-2-5-8-6-3-4-7-9(8)10(11,12)13/h2-7H,1H2/b5-2+. The Bertz CT molecular complexity index is 310. The molecule has 1 aromatic rings. The van der Waals surface area contributed by atoms with Gasteiger partial charge in [0.15, 0.2) is 0 Å². The van der Waals surface area contributed by atoms with Gasteiger partial charge in [-0.25, -0.2) is 0 Å². The fourth-order valence-corrected chi connectivity index (χ4v) is 1.03. The minimum Gasteiger partial charge on any atom is -0.166 e. The molecule has 0 spiro atoms. The van der Waals surface area contributed by atoms with Gasteiger partial charge in [-0.3, -0.25) is 0 Å². The summed E-state index contributed by atoms with van der Waals surface area (Å²) in [5.41, 5.74) is -0.486. The van der Waals surface area contributed by atoms with Crippen molar-refractivity contribution in [1.82, 2.24) is 0 Å². The maximum atomic E-state index is 12.3. The van der Waals surface area contributed by atoms with Gasteiger partial charge in [0.05, 0.1) is 5.56 Å². The summed E-state index contributed by atoms with van der Waals surface area (Å²) in [4.78, 5) is 0. The molecule has 0 unspecified atom stereocenters. The lowest BCUT2D eigenvalue weighted by Crippen LogP contribution is -2.06. The van der Waals surface area contributed by atoms with Crippen LogP contribution in [0, 0.1) is 6.92 Å². The van der Waals surface area contributed by atoms with Gasteiger partial charge in [0.2, 0.25) is 0 Å². The van der Waals surface area contributed by atoms with Crippen LogP contribution in [0.3, 0.4) is 0 Å². The molecule has 0 aliphatic heterocycles. The van der Waals surface area contributed by atoms with Gasteiger partial charge in [-0.05, 0) is 18.6 Å². The maximum Gasteiger partial charge on any atom is 0.416 e. The van der Waals surface area contributed by atoms with E-state index in [0.29, 0.717) is 0 Å². The van der Waals surface area contributed by atoms with Crippen molar-refractivity contribution in [3.05, 3.63) is 48.4 Å². The largest absolute Gasteiger partial charge is 0.416 e. The van der Waals surface area contributed by atoms with Crippen LogP contribution in [0.2, 0.25) is 0 Å². The fourth-order valence-electron chi connectivity index (χ4n) is 1.03. The van der Waals surface area contributed by atoms with Crippen molar-refractivity contribution < 1.29 is 13.2 Å². The summed E-state index contributed by atoms with van der Waals surface area (Å²) in [5, 5.41) is 0. The van der Waals surface area contributed by atoms with Crippen molar-refractivity contribution in [3.8, 4) is 0 Å². The van der Waals surface area contributed by atoms with Gasteiger partial charge in [0.25, 0.3) is 0 Å². The van der Waals surface area contributed by atoms with Gasteiger partial charge in [-0.1, -0.05) is 30.4 Å². The van der Waals surface area contributed by atoms with Crippen molar-refractivity contribution in [3.63, 3.8) is 0 Å². The van der Waals surface area contributed by atoms with E-state index in [2.05, 4.69) is 6.92 Å². The van der Waals surface area contributed by atoms with Crippen LogP contribution < -0.4 is 0 Å². The van der Waals surface area contributed by atoms with Gasteiger partial charge in [-0.2, -0.15) is 13.2 Å². The van der Waals surface area contributed by atoms with Crippen LogP contribution in [0.25, 0.3) is 6.08 Å². The van der Waals surface area contributed by atoms with E-state index in [1.807, 2.05) is 0 Å². The molecule has 0 bridgehead atoms. The average molecular weight is 185 g/mol. The molecule has 0 heterocycles. The molecule has 0 amide bonds. The van der Waals surface area contributed by atoms with E-state index in [4.69, 9.17) is 0 Å². The number of allylic oxidation sites excluding steroid dienone is 1. The summed E-state index contributed by atoms with van der Waals surface area (Å²) in [6.07, 6.45) is -1.62. The molecular formula is C10H8F3. The lowest BCUT2D eigenvalue weighted by Gasteiger charge is -2.09. The Morgan fingerprint density at radius 2 is 1.77 bits per heavy atom. The molecule has 13 heavy (non-hydrogen) atoms. The van der Waals surface area contributed by atoms with Crippen molar-refractivity contribution >= 4 is 6.08 Å². The van der Waals surface area contributed by atoms with Crippen molar-refractivity contribution in [2.45, 2.75) is 6.18 Å². The molecule has 1 rings (SSSR count). The highest BCUT2D eigenvalue weighted by molar-refractivity contribution is 5.54. The smallest absolute Gasteiger partial charge is 0.166 e. The minimum absolute atomic E-state index is 0.144. The predicted molar refractivity (Wildman–Crippen MR) is 45.8 cm³/mol. The summed E-state index contributed by atoms with van der Waals surface area (Å²) in [7, 11) is 0. The second-order valence-corrected chi connectivity index (χ2v) is 2.49. The molecule has 0 saturated heterocycles. The zero-order valence-electron chi connectivity index (χ0n) is 6.81. The van der Waals surface area contributed by atoms with E-state index >= 15 is 0 Å². The van der Waals surface area contributed by atoms with E-state index < -0.39 is 11.7 Å². The lowest BCUT2D eigenvalue weighted by molar-refractivity contribution is -0.137. The zero-order valence-corrected chi connectivity index (χ0v) is 6.81. The summed E-state index contributed by atoms with van der Waals surface area (Å²) in [6.45, 7) is 3.36. The summed E-state index contributed by atoms with van der Waals surface area (Å²) in [6, 6.07) is 5.38. The van der Waals surface area contributed by atoms with Crippen LogP contribution in [0.5, 0.6) is 0 Å². The Labute approximate surface area is 74.7 Å². The van der Waals surface area contributed by atoms with Crippen molar-refractivity contribution in [1.29, 1.82) is 0 Å². The van der Waals surface area contributed by atoms with E-state index in [9.17, 15) is 13.2 Å². The third-order valence-electron chi connectivity index (χ3n) is 1.56. The number of rotatable bonds is 1. The van der Waals surface area contributed by atoms with Gasteiger partial charge < -0.3 is 0 Å². The van der Waals surface area contributed by atoms with Crippen LogP contribution in [-0.2, 0) is 6.18 Å². The first-order chi connectivity index (χ1) is 6.05. The zero-order chi connectivity index (χ0) is 9.90. The number of alkyl halides is 3. The molecular weight excluding hydrogens is 177 g/mol. The molecule has 0 aliphatic carbocycles.